The molecule has 29 nitrogen and oxygen atoms in total. The monoisotopic (exact) mass is 1440 g/mol. The van der Waals surface area contributed by atoms with E-state index in [-0.39, 0.29) is 161 Å². The minimum atomic E-state index is -2.06. The van der Waals surface area contributed by atoms with E-state index in [2.05, 4.69) is 52.5 Å². The second-order valence-electron chi connectivity index (χ2n) is 21.4. The Morgan fingerprint density at radius 2 is 0.794 bits per heavy atom. The number of carbonyl (C=O) groups is 7. The van der Waals surface area contributed by atoms with Gasteiger partial charge in [-0.2, -0.15) is 0 Å². The zero-order valence-electron chi connectivity index (χ0n) is 53.9. The third-order valence-electron chi connectivity index (χ3n) is 13.6. The van der Waals surface area contributed by atoms with Crippen molar-refractivity contribution >= 4 is 99.5 Å². The molecule has 6 atom stereocenters. The van der Waals surface area contributed by atoms with Crippen molar-refractivity contribution in [2.24, 2.45) is 0 Å². The normalized spacial score (nSPS) is 13.1. The molecule has 0 aliphatic heterocycles. The first kappa shape index (κ1) is 82.8. The van der Waals surface area contributed by atoms with Crippen molar-refractivity contribution in [2.75, 3.05) is 149 Å². The van der Waals surface area contributed by atoms with Crippen molar-refractivity contribution in [1.29, 1.82) is 0 Å². The first-order valence-corrected chi connectivity index (χ1v) is 33.2. The zero-order valence-corrected chi connectivity index (χ0v) is 56.9. The van der Waals surface area contributed by atoms with Crippen LogP contribution in [0.25, 0.3) is 0 Å². The Bertz CT molecular complexity index is 2890. The number of ether oxygens (including phenoxy) is 8. The number of aliphatic hydroxyl groups is 3. The maximum absolute atomic E-state index is 13.6. The number of aromatic nitrogens is 2. The summed E-state index contributed by atoms with van der Waals surface area (Å²) in [4.78, 5) is 98.1. The largest absolute Gasteiger partial charge is 0.481 e. The molecule has 0 aliphatic carbocycles. The van der Waals surface area contributed by atoms with Crippen LogP contribution < -0.4 is 42.5 Å². The van der Waals surface area contributed by atoms with Crippen LogP contribution in [0, 0.1) is 0 Å². The highest BCUT2D eigenvalue weighted by Gasteiger charge is 2.31. The fourth-order valence-corrected chi connectivity index (χ4v) is 9.86. The van der Waals surface area contributed by atoms with Gasteiger partial charge in [-0.15, -0.1) is 0 Å². The van der Waals surface area contributed by atoms with Crippen LogP contribution in [0.4, 0.5) is 11.6 Å². The molecule has 4 aromatic rings. The highest BCUT2D eigenvalue weighted by Crippen LogP contribution is 2.27. The molecule has 0 aliphatic rings. The van der Waals surface area contributed by atoms with Crippen LogP contribution in [0.1, 0.15) is 74.6 Å². The van der Waals surface area contributed by atoms with E-state index in [1.807, 2.05) is 30.3 Å². The van der Waals surface area contributed by atoms with E-state index in [0.29, 0.717) is 65.8 Å². The van der Waals surface area contributed by atoms with E-state index >= 15 is 0 Å². The molecule has 6 unspecified atom stereocenters. The van der Waals surface area contributed by atoms with E-state index < -0.39 is 78.3 Å². The molecular formula is C64H90Cl4N10O19. The summed E-state index contributed by atoms with van der Waals surface area (Å²) in [7, 11) is 0. The highest BCUT2D eigenvalue weighted by atomic mass is 35.5. The second kappa shape index (κ2) is 50.6. The Kier molecular flexibility index (Phi) is 43.2. The van der Waals surface area contributed by atoms with Gasteiger partial charge in [0.05, 0.1) is 124 Å². The van der Waals surface area contributed by atoms with E-state index in [1.165, 1.54) is 18.2 Å². The van der Waals surface area contributed by atoms with Crippen molar-refractivity contribution in [2.45, 2.75) is 87.7 Å². The van der Waals surface area contributed by atoms with Gasteiger partial charge in [0.1, 0.15) is 23.7 Å². The number of unbranched alkanes of at least 4 members (excludes halogenated alkanes) is 2. The van der Waals surface area contributed by atoms with Gasteiger partial charge in [-0.25, -0.2) is 9.97 Å². The molecule has 12 N–H and O–H groups in total. The molecule has 0 spiro atoms. The summed E-state index contributed by atoms with van der Waals surface area (Å²) in [5, 5.41) is 63.2. The van der Waals surface area contributed by atoms with E-state index in [1.54, 1.807) is 36.7 Å². The standard InChI is InChI=1S/C64H90Cl4N10O19/c65-46-35-44(36-47(66)39-46)50(13-20-79)77-61(86)52(75-56(80)11-3-7-16-71-54-9-1-5-14-69-54)42-96-33-31-94-29-27-92-25-23-90-21-18-73-63(88)59(84)60(85)64(89)74-19-22-91-24-26-93-28-30-95-32-34-97-43-53(76-57(81)12-4-8-17-72-55-10-2-6-15-70-55)62(87)78-51(41-58(82)83)45-37-48(67)40-49(68)38-45/h1-2,5-6,9-10,14-15,35-40,50-53,59-60,79,84-85H,3-4,7-8,11-13,16-34,41-43H2,(H,69,71)(H,70,72)(H,73,88)(H,74,89)(H,75,80)(H,76,81)(H,77,86)(H,78,87)(H,82,83). The van der Waals surface area contributed by atoms with Gasteiger partial charge >= 0.3 is 5.97 Å². The van der Waals surface area contributed by atoms with Crippen molar-refractivity contribution < 1.29 is 91.9 Å². The fourth-order valence-electron chi connectivity index (χ4n) is 8.77. The maximum atomic E-state index is 13.6. The third-order valence-corrected chi connectivity index (χ3v) is 14.5. The number of amides is 6. The lowest BCUT2D eigenvalue weighted by Gasteiger charge is -2.24. The fraction of sp³-hybridized carbons (Fsp3) is 0.547. The van der Waals surface area contributed by atoms with Crippen molar-refractivity contribution in [3.05, 3.63) is 116 Å². The number of aliphatic carboxylic acids is 1. The Morgan fingerprint density at radius 1 is 0.433 bits per heavy atom. The van der Waals surface area contributed by atoms with Crippen molar-refractivity contribution in [3.8, 4) is 0 Å². The van der Waals surface area contributed by atoms with Crippen LogP contribution in [0.15, 0.2) is 85.2 Å². The van der Waals surface area contributed by atoms with Gasteiger partial charge in [-0.3, -0.25) is 33.6 Å². The molecule has 2 heterocycles. The number of carbonyl (C=O) groups excluding carboxylic acids is 6. The van der Waals surface area contributed by atoms with Crippen molar-refractivity contribution in [1.82, 2.24) is 41.9 Å². The molecule has 0 saturated heterocycles. The average Bonchev–Trinajstić information content (AvgIpc) is 1.81. The predicted octanol–water partition coefficient (Wildman–Crippen LogP) is 3.58. The molecule has 0 saturated carbocycles. The van der Waals surface area contributed by atoms with Gasteiger partial charge in [0.2, 0.25) is 23.6 Å². The van der Waals surface area contributed by atoms with Crippen LogP contribution in [-0.4, -0.2) is 235 Å². The molecule has 4 rings (SSSR count). The average molecular weight is 1450 g/mol. The van der Waals surface area contributed by atoms with E-state index in [4.69, 9.17) is 84.3 Å². The highest BCUT2D eigenvalue weighted by molar-refractivity contribution is 6.35. The number of benzene rings is 2. The number of aliphatic hydroxyl groups excluding tert-OH is 3. The SMILES string of the molecule is O=C(O)CC(NC(=O)C(COCCOCCOCCOCCNC(=O)C(O)C(O)C(=O)NCCOCCOCCOCCOCC(NC(=O)CCCCNc1ccccn1)C(=O)NC(CCO)c1cc(Cl)cc(Cl)c1)NC(=O)CCCCNc1ccccn1)c1cc(Cl)cc(Cl)c1. The van der Waals surface area contributed by atoms with Gasteiger partial charge in [0, 0.05) is 78.1 Å². The lowest BCUT2D eigenvalue weighted by molar-refractivity contribution is -0.146. The molecular weight excluding hydrogens is 1350 g/mol. The smallest absolute Gasteiger partial charge is 0.305 e. The van der Waals surface area contributed by atoms with Crippen molar-refractivity contribution in [3.63, 3.8) is 0 Å². The topological polar surface area (TPSA) is 396 Å². The summed E-state index contributed by atoms with van der Waals surface area (Å²) in [6.07, 6.45) is 1.56. The van der Waals surface area contributed by atoms with Crippen LogP contribution in [0.3, 0.4) is 0 Å². The lowest BCUT2D eigenvalue weighted by atomic mass is 10.0. The summed E-state index contributed by atoms with van der Waals surface area (Å²) in [6.45, 7) is 2.34. The quantitative estimate of drug-likeness (QED) is 0.0281. The van der Waals surface area contributed by atoms with E-state index in [9.17, 15) is 54.0 Å². The molecule has 538 valence electrons. The molecule has 97 heavy (non-hydrogen) atoms. The minimum Gasteiger partial charge on any atom is -0.481 e. The summed E-state index contributed by atoms with van der Waals surface area (Å²) in [5.74, 6) is -3.71. The summed E-state index contributed by atoms with van der Waals surface area (Å²) in [5.41, 5.74) is 0.940. The zero-order chi connectivity index (χ0) is 70.3. The Hall–Kier alpha value is -6.65. The number of rotatable bonds is 55. The molecule has 0 fully saturated rings. The number of carboxylic acids is 1. The number of anilines is 2. The molecule has 0 bridgehead atoms. The first-order valence-electron chi connectivity index (χ1n) is 31.7. The van der Waals surface area contributed by atoms with Gasteiger partial charge in [0.25, 0.3) is 11.8 Å². The van der Waals surface area contributed by atoms with E-state index in [0.717, 1.165) is 5.82 Å². The Balaban J connectivity index is 0.997. The van der Waals surface area contributed by atoms with Crippen LogP contribution in [0.2, 0.25) is 20.1 Å². The van der Waals surface area contributed by atoms with Crippen LogP contribution in [-0.2, 0) is 71.5 Å². The molecule has 2 aromatic carbocycles. The molecule has 0 radical (unpaired) electrons. The Labute approximate surface area is 583 Å². The lowest BCUT2D eigenvalue weighted by Crippen LogP contribution is -2.50. The number of hydrogen-bond donors (Lipinski definition) is 12. The third kappa shape index (κ3) is 37.8. The molecule has 33 heteroatoms. The number of hydrogen-bond acceptors (Lipinski definition) is 22. The Morgan fingerprint density at radius 3 is 1.15 bits per heavy atom. The number of carboxylic acid groups (broad SMARTS) is 1. The maximum Gasteiger partial charge on any atom is 0.305 e. The number of nitrogens with zero attached hydrogens (tertiary/aromatic N) is 2. The minimum absolute atomic E-state index is 0.0278. The number of halogens is 4. The van der Waals surface area contributed by atoms with Crippen LogP contribution >= 0.6 is 46.4 Å². The summed E-state index contributed by atoms with van der Waals surface area (Å²) in [6, 6.07) is 16.3. The first-order chi connectivity index (χ1) is 46.9. The van der Waals surface area contributed by atoms with Gasteiger partial charge < -0.3 is 101 Å². The molecule has 6 amide bonds. The van der Waals surface area contributed by atoms with Crippen LogP contribution in [0.5, 0.6) is 0 Å². The summed E-state index contributed by atoms with van der Waals surface area (Å²) < 4.78 is 44.4. The number of pyridine rings is 2. The second-order valence-corrected chi connectivity index (χ2v) is 23.1. The molecule has 2 aromatic heterocycles. The number of nitrogens with one attached hydrogen (secondary N) is 8. The van der Waals surface area contributed by atoms with Gasteiger partial charge in [-0.05, 0) is 104 Å². The van der Waals surface area contributed by atoms with Gasteiger partial charge in [0.15, 0.2) is 12.2 Å². The summed E-state index contributed by atoms with van der Waals surface area (Å²) >= 11 is 24.7. The van der Waals surface area contributed by atoms with Gasteiger partial charge in [-0.1, -0.05) is 58.5 Å². The predicted molar refractivity (Wildman–Crippen MR) is 360 cm³/mol.